The Morgan fingerprint density at radius 3 is 2.71 bits per heavy atom. The Morgan fingerprint density at radius 1 is 1.12 bits per heavy atom. The van der Waals surface area contributed by atoms with E-state index < -0.39 is 0 Å². The summed E-state index contributed by atoms with van der Waals surface area (Å²) in [6, 6.07) is 11.1. The number of carbonyl (C=O) groups is 1. The molecule has 1 amide bonds. The van der Waals surface area contributed by atoms with Gasteiger partial charge in [0.1, 0.15) is 5.56 Å². The maximum absolute atomic E-state index is 12.4. The SMILES string of the molecule is Cn1cccc(C(=O)Nc2cccc(CN3CCCCC3)c2)c1=O. The highest BCUT2D eigenvalue weighted by Crippen LogP contribution is 2.16. The molecule has 3 rings (SSSR count). The second-order valence-electron chi connectivity index (χ2n) is 6.33. The molecular formula is C19H23N3O2. The Balaban J connectivity index is 1.71. The molecule has 0 unspecified atom stereocenters. The van der Waals surface area contributed by atoms with Gasteiger partial charge in [-0.2, -0.15) is 0 Å². The lowest BCUT2D eigenvalue weighted by molar-refractivity contribution is 0.102. The van der Waals surface area contributed by atoms with Crippen LogP contribution < -0.4 is 10.9 Å². The summed E-state index contributed by atoms with van der Waals surface area (Å²) in [4.78, 5) is 26.8. The molecule has 24 heavy (non-hydrogen) atoms. The number of aromatic nitrogens is 1. The number of rotatable bonds is 4. The van der Waals surface area contributed by atoms with Crippen LogP contribution in [0, 0.1) is 0 Å². The van der Waals surface area contributed by atoms with Gasteiger partial charge in [0.2, 0.25) is 0 Å². The second-order valence-corrected chi connectivity index (χ2v) is 6.33. The van der Waals surface area contributed by atoms with Crippen LogP contribution in [0.15, 0.2) is 47.4 Å². The van der Waals surface area contributed by atoms with Gasteiger partial charge < -0.3 is 9.88 Å². The summed E-state index contributed by atoms with van der Waals surface area (Å²) in [5.74, 6) is -0.369. The van der Waals surface area contributed by atoms with Crippen molar-refractivity contribution >= 4 is 11.6 Å². The molecule has 0 aliphatic carbocycles. The highest BCUT2D eigenvalue weighted by atomic mass is 16.2. The van der Waals surface area contributed by atoms with Crippen LogP contribution in [0.5, 0.6) is 0 Å². The van der Waals surface area contributed by atoms with Gasteiger partial charge in [-0.3, -0.25) is 14.5 Å². The third-order valence-electron chi connectivity index (χ3n) is 4.41. The van der Waals surface area contributed by atoms with Crippen LogP contribution in [0.25, 0.3) is 0 Å². The van der Waals surface area contributed by atoms with Crippen molar-refractivity contribution in [3.8, 4) is 0 Å². The van der Waals surface area contributed by atoms with E-state index in [0.29, 0.717) is 0 Å². The van der Waals surface area contributed by atoms with E-state index in [-0.39, 0.29) is 17.0 Å². The number of amides is 1. The number of carbonyl (C=O) groups excluding carboxylic acids is 1. The lowest BCUT2D eigenvalue weighted by Gasteiger charge is -2.26. The van der Waals surface area contributed by atoms with Gasteiger partial charge in [-0.25, -0.2) is 0 Å². The molecule has 1 aromatic heterocycles. The van der Waals surface area contributed by atoms with Crippen molar-refractivity contribution in [2.75, 3.05) is 18.4 Å². The Hall–Kier alpha value is -2.40. The summed E-state index contributed by atoms with van der Waals surface area (Å²) in [6.07, 6.45) is 5.47. The van der Waals surface area contributed by atoms with Gasteiger partial charge in [0, 0.05) is 25.5 Å². The number of nitrogens with zero attached hydrogens (tertiary/aromatic N) is 2. The average molecular weight is 325 g/mol. The molecule has 1 aromatic carbocycles. The van der Waals surface area contributed by atoms with E-state index in [1.807, 2.05) is 18.2 Å². The van der Waals surface area contributed by atoms with Gasteiger partial charge >= 0.3 is 0 Å². The molecule has 0 bridgehead atoms. The van der Waals surface area contributed by atoms with Crippen molar-refractivity contribution in [2.45, 2.75) is 25.8 Å². The fourth-order valence-electron chi connectivity index (χ4n) is 3.09. The normalized spacial score (nSPS) is 15.2. The van der Waals surface area contributed by atoms with Gasteiger partial charge in [-0.15, -0.1) is 0 Å². The first-order valence-corrected chi connectivity index (χ1v) is 8.42. The smallest absolute Gasteiger partial charge is 0.263 e. The number of nitrogens with one attached hydrogen (secondary N) is 1. The van der Waals surface area contributed by atoms with Gasteiger partial charge in [-0.05, 0) is 55.8 Å². The summed E-state index contributed by atoms with van der Waals surface area (Å²) in [5, 5.41) is 2.83. The van der Waals surface area contributed by atoms with Gasteiger partial charge in [0.05, 0.1) is 0 Å². The Labute approximate surface area is 141 Å². The molecule has 2 aromatic rings. The molecule has 126 valence electrons. The summed E-state index contributed by atoms with van der Waals surface area (Å²) in [6.45, 7) is 3.17. The number of anilines is 1. The van der Waals surface area contributed by atoms with Crippen LogP contribution in [-0.2, 0) is 13.6 Å². The fraction of sp³-hybridized carbons (Fsp3) is 0.368. The van der Waals surface area contributed by atoms with Crippen molar-refractivity contribution in [1.29, 1.82) is 0 Å². The monoisotopic (exact) mass is 325 g/mol. The summed E-state index contributed by atoms with van der Waals surface area (Å²) in [5.41, 5.74) is 1.76. The van der Waals surface area contributed by atoms with Gasteiger partial charge in [-0.1, -0.05) is 18.6 Å². The lowest BCUT2D eigenvalue weighted by Crippen LogP contribution is -2.29. The van der Waals surface area contributed by atoms with Crippen molar-refractivity contribution in [1.82, 2.24) is 9.47 Å². The third-order valence-corrected chi connectivity index (χ3v) is 4.41. The van der Waals surface area contributed by atoms with Crippen LogP contribution in [0.4, 0.5) is 5.69 Å². The molecule has 0 spiro atoms. The molecule has 2 heterocycles. The average Bonchev–Trinajstić information content (AvgIpc) is 2.58. The predicted octanol–water partition coefficient (Wildman–Crippen LogP) is 2.62. The maximum Gasteiger partial charge on any atom is 0.263 e. The zero-order valence-electron chi connectivity index (χ0n) is 14.0. The molecule has 1 aliphatic heterocycles. The van der Waals surface area contributed by atoms with E-state index >= 15 is 0 Å². The molecule has 5 heteroatoms. The van der Waals surface area contributed by atoms with Crippen molar-refractivity contribution in [3.05, 3.63) is 64.1 Å². The van der Waals surface area contributed by atoms with E-state index in [2.05, 4.69) is 16.3 Å². The van der Waals surface area contributed by atoms with Gasteiger partial charge in [0.25, 0.3) is 11.5 Å². The van der Waals surface area contributed by atoms with E-state index in [0.717, 1.165) is 25.3 Å². The van der Waals surface area contributed by atoms with E-state index in [1.165, 1.54) is 29.4 Å². The number of pyridine rings is 1. The molecular weight excluding hydrogens is 302 g/mol. The Bertz CT molecular complexity index is 776. The summed E-state index contributed by atoms with van der Waals surface area (Å²) < 4.78 is 1.40. The van der Waals surface area contributed by atoms with E-state index in [1.54, 1.807) is 25.4 Å². The number of likely N-dealkylation sites (tertiary alicyclic amines) is 1. The van der Waals surface area contributed by atoms with Crippen molar-refractivity contribution < 1.29 is 4.79 Å². The quantitative estimate of drug-likeness (QED) is 0.940. The van der Waals surface area contributed by atoms with Crippen LogP contribution in [0.2, 0.25) is 0 Å². The zero-order chi connectivity index (χ0) is 16.9. The zero-order valence-corrected chi connectivity index (χ0v) is 14.0. The first kappa shape index (κ1) is 16.5. The van der Waals surface area contributed by atoms with Crippen LogP contribution in [0.3, 0.4) is 0 Å². The number of piperidine rings is 1. The number of aryl methyl sites for hydroxylation is 1. The first-order valence-electron chi connectivity index (χ1n) is 8.42. The second kappa shape index (κ2) is 7.45. The van der Waals surface area contributed by atoms with Crippen LogP contribution in [-0.4, -0.2) is 28.5 Å². The minimum Gasteiger partial charge on any atom is -0.322 e. The summed E-state index contributed by atoms with van der Waals surface area (Å²) in [7, 11) is 1.64. The van der Waals surface area contributed by atoms with E-state index in [4.69, 9.17) is 0 Å². The maximum atomic E-state index is 12.4. The van der Waals surface area contributed by atoms with E-state index in [9.17, 15) is 9.59 Å². The first-order chi connectivity index (χ1) is 11.6. The van der Waals surface area contributed by atoms with Crippen molar-refractivity contribution in [3.63, 3.8) is 0 Å². The van der Waals surface area contributed by atoms with Gasteiger partial charge in [0.15, 0.2) is 0 Å². The standard InChI is InChI=1S/C19H23N3O2/c1-21-10-6-9-17(19(21)24)18(23)20-16-8-5-7-15(13-16)14-22-11-3-2-4-12-22/h5-10,13H,2-4,11-12,14H2,1H3,(H,20,23). The Morgan fingerprint density at radius 2 is 1.92 bits per heavy atom. The van der Waals surface area contributed by atoms with Crippen molar-refractivity contribution in [2.24, 2.45) is 7.05 Å². The minimum absolute atomic E-state index is 0.154. The topological polar surface area (TPSA) is 54.3 Å². The minimum atomic E-state index is -0.369. The van der Waals surface area contributed by atoms with Crippen LogP contribution in [0.1, 0.15) is 35.2 Å². The number of hydrogen-bond donors (Lipinski definition) is 1. The lowest BCUT2D eigenvalue weighted by atomic mass is 10.1. The Kier molecular flexibility index (Phi) is 5.11. The fourth-order valence-corrected chi connectivity index (χ4v) is 3.09. The summed E-state index contributed by atoms with van der Waals surface area (Å²) >= 11 is 0. The third kappa shape index (κ3) is 3.92. The molecule has 1 saturated heterocycles. The highest BCUT2D eigenvalue weighted by Gasteiger charge is 2.13. The number of benzene rings is 1. The number of hydrogen-bond acceptors (Lipinski definition) is 3. The molecule has 0 atom stereocenters. The molecule has 5 nitrogen and oxygen atoms in total. The largest absolute Gasteiger partial charge is 0.322 e. The molecule has 0 radical (unpaired) electrons. The molecule has 0 saturated carbocycles. The highest BCUT2D eigenvalue weighted by molar-refractivity contribution is 6.04. The predicted molar refractivity (Wildman–Crippen MR) is 95.2 cm³/mol. The molecule has 1 aliphatic rings. The molecule has 1 fully saturated rings. The van der Waals surface area contributed by atoms with Crippen LogP contribution >= 0.6 is 0 Å². The molecule has 1 N–H and O–H groups in total.